The van der Waals surface area contributed by atoms with E-state index in [1.54, 1.807) is 79.7 Å². The van der Waals surface area contributed by atoms with Gasteiger partial charge in [0.15, 0.2) is 0 Å². The van der Waals surface area contributed by atoms with E-state index in [1.807, 2.05) is 36.6 Å². The number of benzene rings is 4. The molecule has 0 radical (unpaired) electrons. The van der Waals surface area contributed by atoms with Crippen LogP contribution in [0.5, 0.6) is 0 Å². The molecule has 0 aliphatic heterocycles. The van der Waals surface area contributed by atoms with Crippen LogP contribution in [0.3, 0.4) is 0 Å². The zero-order valence-electron chi connectivity index (χ0n) is 26.9. The third-order valence-corrected chi connectivity index (χ3v) is 9.71. The van der Waals surface area contributed by atoms with E-state index < -0.39 is 17.8 Å². The van der Waals surface area contributed by atoms with Crippen molar-refractivity contribution in [2.75, 3.05) is 23.0 Å². The summed E-state index contributed by atoms with van der Waals surface area (Å²) >= 11 is 15.2. The molecule has 0 saturated heterocycles. The molecule has 5 rings (SSSR count). The van der Waals surface area contributed by atoms with Crippen molar-refractivity contribution in [3.05, 3.63) is 140 Å². The Hall–Kier alpha value is -4.87. The molecule has 0 saturated carbocycles. The van der Waals surface area contributed by atoms with Gasteiger partial charge in [-0.05, 0) is 68.0 Å². The van der Waals surface area contributed by atoms with Crippen molar-refractivity contribution in [1.29, 1.82) is 0 Å². The number of halogens is 2. The lowest BCUT2D eigenvalue weighted by atomic mass is 10.0. The molecule has 0 bridgehead atoms. The maximum atomic E-state index is 13.6. The largest absolute Gasteiger partial charge is 0.462 e. The quantitative estimate of drug-likeness (QED) is 0.0667. The fourth-order valence-electron chi connectivity index (χ4n) is 4.71. The molecule has 4 aromatic carbocycles. The highest BCUT2D eigenvalue weighted by molar-refractivity contribution is 8.00. The van der Waals surface area contributed by atoms with Gasteiger partial charge in [0, 0.05) is 42.7 Å². The van der Waals surface area contributed by atoms with Crippen LogP contribution in [0.4, 0.5) is 10.7 Å². The molecule has 3 amide bonds. The van der Waals surface area contributed by atoms with Gasteiger partial charge in [0.2, 0.25) is 5.91 Å². The number of thiophene rings is 1. The summed E-state index contributed by atoms with van der Waals surface area (Å²) in [6.45, 7) is 3.91. The maximum absolute atomic E-state index is 13.6. The van der Waals surface area contributed by atoms with Gasteiger partial charge in [-0.1, -0.05) is 83.4 Å². The number of anilines is 2. The van der Waals surface area contributed by atoms with Crippen LogP contribution in [0.15, 0.2) is 113 Å². The molecule has 0 unspecified atom stereocenters. The third kappa shape index (κ3) is 9.42. The molecular weight excluding hydrogens is 713 g/mol. The van der Waals surface area contributed by atoms with Gasteiger partial charge in [0.1, 0.15) is 16.3 Å². The molecule has 0 aliphatic rings. The van der Waals surface area contributed by atoms with Crippen LogP contribution < -0.4 is 16.0 Å². The molecule has 0 fully saturated rings. The number of amides is 3. The van der Waals surface area contributed by atoms with E-state index in [1.165, 1.54) is 29.2 Å². The summed E-state index contributed by atoms with van der Waals surface area (Å²) in [6, 6.07) is 28.1. The highest BCUT2D eigenvalue weighted by Gasteiger charge is 2.23. The van der Waals surface area contributed by atoms with Gasteiger partial charge in [-0.3, -0.25) is 14.4 Å². The second-order valence-electron chi connectivity index (χ2n) is 10.8. The van der Waals surface area contributed by atoms with Gasteiger partial charge in [-0.15, -0.1) is 23.1 Å². The summed E-state index contributed by atoms with van der Waals surface area (Å²) in [7, 11) is 0. The Labute approximate surface area is 307 Å². The van der Waals surface area contributed by atoms with Crippen molar-refractivity contribution in [2.45, 2.75) is 18.7 Å². The molecule has 5 aromatic rings. The summed E-state index contributed by atoms with van der Waals surface area (Å²) in [5.74, 6) is -1.91. The Balaban J connectivity index is 1.29. The summed E-state index contributed by atoms with van der Waals surface area (Å²) < 4.78 is 5.31. The number of rotatable bonds is 12. The standard InChI is InChI=1S/C38H31Cl2N3O5S2/c1-3-48-38(47)34-29(24-17-15-23(2)16-18-24)21-50-37(34)43-33(44)22-49-27-12-7-11-26(19-27)41-36(46)32(20-28-30(39)13-8-14-31(28)40)42-35(45)25-9-5-4-6-10-25/h4-21H,3,22H2,1-2H3,(H,41,46)(H,42,45)(H,43,44)/b32-20+. The normalized spacial score (nSPS) is 11.1. The van der Waals surface area contributed by atoms with Gasteiger partial charge >= 0.3 is 5.97 Å². The Kier molecular flexibility index (Phi) is 12.5. The fraction of sp³-hybridized carbons (Fsp3) is 0.105. The smallest absolute Gasteiger partial charge is 0.341 e. The summed E-state index contributed by atoms with van der Waals surface area (Å²) in [4.78, 5) is 53.3. The molecule has 3 N–H and O–H groups in total. The molecule has 50 heavy (non-hydrogen) atoms. The second-order valence-corrected chi connectivity index (χ2v) is 13.5. The molecule has 8 nitrogen and oxygen atoms in total. The predicted molar refractivity (Wildman–Crippen MR) is 203 cm³/mol. The Bertz CT molecular complexity index is 2040. The highest BCUT2D eigenvalue weighted by atomic mass is 35.5. The average molecular weight is 745 g/mol. The van der Waals surface area contributed by atoms with E-state index in [-0.39, 0.29) is 24.0 Å². The lowest BCUT2D eigenvalue weighted by Gasteiger charge is -2.13. The number of nitrogens with one attached hydrogen (secondary N) is 3. The minimum atomic E-state index is -0.612. The first-order valence-electron chi connectivity index (χ1n) is 15.3. The van der Waals surface area contributed by atoms with Crippen LogP contribution >= 0.6 is 46.3 Å². The molecule has 0 spiro atoms. The molecule has 1 heterocycles. The zero-order chi connectivity index (χ0) is 35.6. The number of aryl methyl sites for hydroxylation is 1. The monoisotopic (exact) mass is 743 g/mol. The van der Waals surface area contributed by atoms with E-state index >= 15 is 0 Å². The molecule has 0 aliphatic carbocycles. The van der Waals surface area contributed by atoms with Gasteiger partial charge in [-0.25, -0.2) is 4.79 Å². The third-order valence-electron chi connectivity index (χ3n) is 7.17. The van der Waals surface area contributed by atoms with Crippen molar-refractivity contribution >= 4 is 86.8 Å². The predicted octanol–water partition coefficient (Wildman–Crippen LogP) is 9.35. The minimum absolute atomic E-state index is 0.0285. The first kappa shape index (κ1) is 36.4. The number of esters is 1. The minimum Gasteiger partial charge on any atom is -0.462 e. The SMILES string of the molecule is CCOC(=O)c1c(-c2ccc(C)cc2)csc1NC(=O)CSc1cccc(NC(=O)/C(=C\c2c(Cl)cccc2Cl)NC(=O)c2ccccc2)c1. The van der Waals surface area contributed by atoms with E-state index in [2.05, 4.69) is 16.0 Å². The number of carbonyl (C=O) groups excluding carboxylic acids is 4. The van der Waals surface area contributed by atoms with Crippen LogP contribution in [-0.2, 0) is 14.3 Å². The zero-order valence-corrected chi connectivity index (χ0v) is 30.1. The first-order valence-corrected chi connectivity index (χ1v) is 18.0. The van der Waals surface area contributed by atoms with Crippen LogP contribution in [0, 0.1) is 6.92 Å². The summed E-state index contributed by atoms with van der Waals surface area (Å²) in [5, 5.41) is 11.2. The van der Waals surface area contributed by atoms with Crippen LogP contribution in [-0.4, -0.2) is 36.1 Å². The van der Waals surface area contributed by atoms with E-state index in [0.717, 1.165) is 11.1 Å². The number of hydrogen-bond acceptors (Lipinski definition) is 7. The van der Waals surface area contributed by atoms with Gasteiger partial charge < -0.3 is 20.7 Å². The Morgan fingerprint density at radius 2 is 1.56 bits per heavy atom. The van der Waals surface area contributed by atoms with Crippen molar-refractivity contribution in [3.63, 3.8) is 0 Å². The molecule has 12 heteroatoms. The number of carbonyl (C=O) groups is 4. The van der Waals surface area contributed by atoms with Crippen LogP contribution in [0.1, 0.15) is 38.8 Å². The number of hydrogen-bond donors (Lipinski definition) is 3. The lowest BCUT2D eigenvalue weighted by molar-refractivity contribution is -0.114. The van der Waals surface area contributed by atoms with Crippen molar-refractivity contribution in [1.82, 2.24) is 5.32 Å². The van der Waals surface area contributed by atoms with Crippen LogP contribution in [0.25, 0.3) is 17.2 Å². The average Bonchev–Trinajstić information content (AvgIpc) is 3.52. The fourth-order valence-corrected chi connectivity index (χ4v) is 6.95. The van der Waals surface area contributed by atoms with Crippen molar-refractivity contribution in [2.24, 2.45) is 0 Å². The number of thioether (sulfide) groups is 1. The van der Waals surface area contributed by atoms with E-state index in [4.69, 9.17) is 27.9 Å². The first-order chi connectivity index (χ1) is 24.1. The highest BCUT2D eigenvalue weighted by Crippen LogP contribution is 2.37. The lowest BCUT2D eigenvalue weighted by Crippen LogP contribution is -2.30. The molecule has 0 atom stereocenters. The Morgan fingerprint density at radius 3 is 2.26 bits per heavy atom. The second kappa shape index (κ2) is 17.2. The van der Waals surface area contributed by atoms with Crippen LogP contribution in [0.2, 0.25) is 10.0 Å². The summed E-state index contributed by atoms with van der Waals surface area (Å²) in [5.41, 5.74) is 4.00. The van der Waals surface area contributed by atoms with Gasteiger partial charge in [0.25, 0.3) is 11.8 Å². The van der Waals surface area contributed by atoms with E-state index in [0.29, 0.717) is 47.9 Å². The van der Waals surface area contributed by atoms with Gasteiger partial charge in [0.05, 0.1) is 12.4 Å². The van der Waals surface area contributed by atoms with Gasteiger partial charge in [-0.2, -0.15) is 0 Å². The molecule has 254 valence electrons. The maximum Gasteiger partial charge on any atom is 0.341 e. The van der Waals surface area contributed by atoms with E-state index in [9.17, 15) is 19.2 Å². The van der Waals surface area contributed by atoms with Crippen molar-refractivity contribution in [3.8, 4) is 11.1 Å². The molecular formula is C38H31Cl2N3O5S2. The topological polar surface area (TPSA) is 114 Å². The Morgan fingerprint density at radius 1 is 0.860 bits per heavy atom. The summed E-state index contributed by atoms with van der Waals surface area (Å²) in [6.07, 6.45) is 1.42. The molecule has 1 aromatic heterocycles. The number of ether oxygens (including phenoxy) is 1. The van der Waals surface area contributed by atoms with Crippen molar-refractivity contribution < 1.29 is 23.9 Å².